The highest BCUT2D eigenvalue weighted by atomic mass is 32.1. The molecule has 0 radical (unpaired) electrons. The number of nitrogens with one attached hydrogen (secondary N) is 1. The summed E-state index contributed by atoms with van der Waals surface area (Å²) in [6.07, 6.45) is 4.95. The number of esters is 1. The molecule has 0 spiro atoms. The van der Waals surface area contributed by atoms with Crippen molar-refractivity contribution in [2.24, 2.45) is 0 Å². The van der Waals surface area contributed by atoms with Gasteiger partial charge in [0.05, 0.1) is 30.8 Å². The van der Waals surface area contributed by atoms with Crippen LogP contribution >= 0.6 is 11.3 Å². The molecule has 1 aliphatic carbocycles. The van der Waals surface area contributed by atoms with Crippen LogP contribution in [0, 0.1) is 25.2 Å². The number of aryl methyl sites for hydroxylation is 3. The molecule has 0 fully saturated rings. The molecule has 2 N–H and O–H groups in total. The van der Waals surface area contributed by atoms with Gasteiger partial charge in [0.15, 0.2) is 0 Å². The molecule has 9 nitrogen and oxygen atoms in total. The second kappa shape index (κ2) is 10.4. The van der Waals surface area contributed by atoms with Crippen molar-refractivity contribution in [1.82, 2.24) is 9.78 Å². The van der Waals surface area contributed by atoms with Gasteiger partial charge in [-0.25, -0.2) is 4.79 Å². The van der Waals surface area contributed by atoms with Gasteiger partial charge in [-0.3, -0.25) is 14.3 Å². The van der Waals surface area contributed by atoms with E-state index in [-0.39, 0.29) is 25.1 Å². The predicted molar refractivity (Wildman–Crippen MR) is 123 cm³/mol. The van der Waals surface area contributed by atoms with Crippen LogP contribution in [0.3, 0.4) is 0 Å². The van der Waals surface area contributed by atoms with Crippen molar-refractivity contribution >= 4 is 40.3 Å². The lowest BCUT2D eigenvalue weighted by Gasteiger charge is -2.12. The summed E-state index contributed by atoms with van der Waals surface area (Å²) >= 11 is 1.36. The van der Waals surface area contributed by atoms with Crippen LogP contribution < -0.4 is 5.32 Å². The van der Waals surface area contributed by atoms with Gasteiger partial charge in [0, 0.05) is 16.1 Å². The molecule has 0 saturated carbocycles. The molecule has 0 aromatic carbocycles. The maximum Gasteiger partial charge on any atom is 0.341 e. The van der Waals surface area contributed by atoms with Crippen molar-refractivity contribution in [3.05, 3.63) is 38.5 Å². The first-order valence-corrected chi connectivity index (χ1v) is 11.6. The van der Waals surface area contributed by atoms with Crippen molar-refractivity contribution in [2.45, 2.75) is 59.4 Å². The number of hydrogen-bond acceptors (Lipinski definition) is 7. The number of rotatable bonds is 8. The molecule has 33 heavy (non-hydrogen) atoms. The van der Waals surface area contributed by atoms with Crippen LogP contribution in [0.2, 0.25) is 0 Å². The molecule has 2 aromatic rings. The average Bonchev–Trinajstić information content (AvgIpc) is 3.26. The molecular formula is C23H26N4O5S. The molecule has 2 heterocycles. The number of nitrogens with zero attached hydrogens (tertiary/aromatic N) is 3. The standard InChI is InChI=1S/C23H26N4O5S/c1-4-32-23(31)20-16-7-5-6-8-18(16)33-22(20)25-21(30)15(12-24)11-17-13(2)26-27(14(17)3)10-9-19(28)29/h11H,4-10H2,1-3H3,(H,25,30)(H,28,29)/b15-11+. The number of nitriles is 1. The molecule has 0 bridgehead atoms. The molecule has 1 amide bonds. The Balaban J connectivity index is 1.91. The molecule has 0 atom stereocenters. The zero-order valence-corrected chi connectivity index (χ0v) is 19.7. The summed E-state index contributed by atoms with van der Waals surface area (Å²) in [6.45, 7) is 5.63. The number of amides is 1. The van der Waals surface area contributed by atoms with Crippen LogP contribution in [-0.2, 0) is 33.7 Å². The van der Waals surface area contributed by atoms with E-state index in [9.17, 15) is 19.6 Å². The number of carbonyl (C=O) groups is 3. The van der Waals surface area contributed by atoms with Gasteiger partial charge in [0.2, 0.25) is 0 Å². The zero-order valence-electron chi connectivity index (χ0n) is 18.9. The smallest absolute Gasteiger partial charge is 0.341 e. The summed E-state index contributed by atoms with van der Waals surface area (Å²) in [5, 5.41) is 26.0. The van der Waals surface area contributed by atoms with Crippen LogP contribution in [0.1, 0.15) is 63.9 Å². The van der Waals surface area contributed by atoms with E-state index in [2.05, 4.69) is 10.4 Å². The number of thiophene rings is 1. The number of carbonyl (C=O) groups excluding carboxylic acids is 2. The minimum Gasteiger partial charge on any atom is -0.481 e. The van der Waals surface area contributed by atoms with Crippen LogP contribution in [0.5, 0.6) is 0 Å². The maximum absolute atomic E-state index is 13.0. The summed E-state index contributed by atoms with van der Waals surface area (Å²) in [5.41, 5.74) is 3.00. The molecule has 174 valence electrons. The quantitative estimate of drug-likeness (QED) is 0.342. The fourth-order valence-electron chi connectivity index (χ4n) is 3.88. The minimum atomic E-state index is -0.937. The number of aromatic nitrogens is 2. The third-order valence-corrected chi connectivity index (χ3v) is 6.71. The molecule has 10 heteroatoms. The number of carboxylic acids is 1. The third kappa shape index (κ3) is 5.31. The van der Waals surface area contributed by atoms with Gasteiger partial charge in [-0.1, -0.05) is 0 Å². The lowest BCUT2D eigenvalue weighted by atomic mass is 9.95. The molecule has 0 saturated heterocycles. The highest BCUT2D eigenvalue weighted by Crippen LogP contribution is 2.38. The summed E-state index contributed by atoms with van der Waals surface area (Å²) in [6, 6.07) is 1.93. The Morgan fingerprint density at radius 3 is 2.70 bits per heavy atom. The normalized spacial score (nSPS) is 13.2. The Kier molecular flexibility index (Phi) is 7.66. The van der Waals surface area contributed by atoms with E-state index in [0.29, 0.717) is 27.5 Å². The third-order valence-electron chi connectivity index (χ3n) is 5.51. The molecule has 0 aliphatic heterocycles. The first-order valence-electron chi connectivity index (χ1n) is 10.8. The SMILES string of the molecule is CCOC(=O)c1c(NC(=O)/C(C#N)=C/c2c(C)nn(CCC(=O)O)c2C)sc2c1CCCC2. The Bertz CT molecular complexity index is 1170. The second-order valence-corrected chi connectivity index (χ2v) is 8.82. The number of fused-ring (bicyclic) bond motifs is 1. The van der Waals surface area contributed by atoms with Crippen molar-refractivity contribution in [3.63, 3.8) is 0 Å². The number of ether oxygens (including phenoxy) is 1. The number of anilines is 1. The number of aliphatic carboxylic acids is 1. The average molecular weight is 471 g/mol. The van der Waals surface area contributed by atoms with Gasteiger partial charge < -0.3 is 15.2 Å². The van der Waals surface area contributed by atoms with E-state index in [1.165, 1.54) is 17.4 Å². The first kappa shape index (κ1) is 24.2. The second-order valence-electron chi connectivity index (χ2n) is 7.71. The Hall–Kier alpha value is -3.45. The van der Waals surface area contributed by atoms with Gasteiger partial charge in [-0.15, -0.1) is 11.3 Å². The number of hydrogen-bond donors (Lipinski definition) is 2. The molecular weight excluding hydrogens is 444 g/mol. The molecule has 0 unspecified atom stereocenters. The summed E-state index contributed by atoms with van der Waals surface area (Å²) in [5.74, 6) is -2.03. The topological polar surface area (TPSA) is 134 Å². The molecule has 2 aromatic heterocycles. The highest BCUT2D eigenvalue weighted by Gasteiger charge is 2.28. The largest absolute Gasteiger partial charge is 0.481 e. The van der Waals surface area contributed by atoms with Gasteiger partial charge in [0.25, 0.3) is 5.91 Å². The van der Waals surface area contributed by atoms with Crippen LogP contribution in [0.15, 0.2) is 5.57 Å². The lowest BCUT2D eigenvalue weighted by Crippen LogP contribution is -2.16. The maximum atomic E-state index is 13.0. The fourth-order valence-corrected chi connectivity index (χ4v) is 5.15. The van der Waals surface area contributed by atoms with Gasteiger partial charge >= 0.3 is 11.9 Å². The highest BCUT2D eigenvalue weighted by molar-refractivity contribution is 7.17. The molecule has 3 rings (SSSR count). The van der Waals surface area contributed by atoms with E-state index in [1.54, 1.807) is 25.5 Å². The zero-order chi connectivity index (χ0) is 24.1. The van der Waals surface area contributed by atoms with Crippen molar-refractivity contribution < 1.29 is 24.2 Å². The van der Waals surface area contributed by atoms with Gasteiger partial charge in [-0.2, -0.15) is 10.4 Å². The summed E-state index contributed by atoms with van der Waals surface area (Å²) in [4.78, 5) is 37.5. The summed E-state index contributed by atoms with van der Waals surface area (Å²) in [7, 11) is 0. The molecule has 1 aliphatic rings. The lowest BCUT2D eigenvalue weighted by molar-refractivity contribution is -0.137. The summed E-state index contributed by atoms with van der Waals surface area (Å²) < 4.78 is 6.77. The van der Waals surface area contributed by atoms with Gasteiger partial charge in [-0.05, 0) is 58.1 Å². The van der Waals surface area contributed by atoms with E-state index in [4.69, 9.17) is 9.84 Å². The van der Waals surface area contributed by atoms with Crippen molar-refractivity contribution in [3.8, 4) is 6.07 Å². The monoisotopic (exact) mass is 470 g/mol. The fraction of sp³-hybridized carbons (Fsp3) is 0.435. The van der Waals surface area contributed by atoms with Crippen molar-refractivity contribution in [2.75, 3.05) is 11.9 Å². The number of carboxylic acid groups (broad SMARTS) is 1. The Morgan fingerprint density at radius 2 is 2.03 bits per heavy atom. The Labute approximate surface area is 195 Å². The predicted octanol–water partition coefficient (Wildman–Crippen LogP) is 3.64. The van der Waals surface area contributed by atoms with E-state index in [1.807, 2.05) is 6.07 Å². The van der Waals surface area contributed by atoms with Crippen LogP contribution in [0.4, 0.5) is 5.00 Å². The Morgan fingerprint density at radius 1 is 1.30 bits per heavy atom. The van der Waals surface area contributed by atoms with Crippen molar-refractivity contribution in [1.29, 1.82) is 5.26 Å². The first-order chi connectivity index (χ1) is 15.8. The van der Waals surface area contributed by atoms with Gasteiger partial charge in [0.1, 0.15) is 16.6 Å². The minimum absolute atomic E-state index is 0.0869. The van der Waals surface area contributed by atoms with E-state index >= 15 is 0 Å². The van der Waals surface area contributed by atoms with Crippen LogP contribution in [0.25, 0.3) is 6.08 Å². The van der Waals surface area contributed by atoms with E-state index < -0.39 is 17.8 Å². The van der Waals surface area contributed by atoms with E-state index in [0.717, 1.165) is 36.1 Å². The van der Waals surface area contributed by atoms with Crippen LogP contribution in [-0.4, -0.2) is 39.3 Å².